The molecule has 0 amide bonds. The molecule has 8 rings (SSSR count). The smallest absolute Gasteiger partial charge is 0.227 e. The molecule has 3 heteroatoms. The van der Waals surface area contributed by atoms with Crippen molar-refractivity contribution >= 4 is 43.8 Å². The number of para-hydroxylation sites is 2. The van der Waals surface area contributed by atoms with E-state index in [2.05, 4.69) is 78.9 Å². The summed E-state index contributed by atoms with van der Waals surface area (Å²) in [6, 6.07) is 43.9. The van der Waals surface area contributed by atoms with Crippen molar-refractivity contribution in [2.75, 3.05) is 0 Å². The van der Waals surface area contributed by atoms with E-state index in [1.54, 1.807) is 0 Å². The average molecular weight is 488 g/mol. The van der Waals surface area contributed by atoms with Gasteiger partial charge < -0.3 is 8.83 Å². The molecule has 0 unspecified atom stereocenters. The van der Waals surface area contributed by atoms with Crippen LogP contribution in [0, 0.1) is 0 Å². The highest BCUT2D eigenvalue weighted by Crippen LogP contribution is 2.38. The third-order valence-electron chi connectivity index (χ3n) is 7.30. The summed E-state index contributed by atoms with van der Waals surface area (Å²) in [5.41, 5.74) is 9.02. The molecule has 0 spiro atoms. The largest absolute Gasteiger partial charge is 0.455 e. The molecule has 0 aliphatic carbocycles. The first kappa shape index (κ1) is 21.0. The molecule has 8 aromatic rings. The van der Waals surface area contributed by atoms with E-state index >= 15 is 0 Å². The number of nitrogens with zero attached hydrogens (tertiary/aromatic N) is 1. The number of hydrogen-bond acceptors (Lipinski definition) is 3. The normalized spacial score (nSPS) is 11.7. The number of rotatable bonds is 3. The first-order valence-corrected chi connectivity index (χ1v) is 12.7. The number of furan rings is 1. The highest BCUT2D eigenvalue weighted by atomic mass is 16.3. The van der Waals surface area contributed by atoms with Gasteiger partial charge in [-0.25, -0.2) is 4.98 Å². The number of fused-ring (bicyclic) bond motifs is 6. The van der Waals surface area contributed by atoms with Crippen LogP contribution in [0.15, 0.2) is 136 Å². The summed E-state index contributed by atoms with van der Waals surface area (Å²) in [7, 11) is 0. The van der Waals surface area contributed by atoms with Crippen LogP contribution >= 0.6 is 0 Å². The maximum atomic E-state index is 6.30. The minimum absolute atomic E-state index is 0.643. The second-order valence-electron chi connectivity index (χ2n) is 9.60. The van der Waals surface area contributed by atoms with Crippen molar-refractivity contribution in [1.82, 2.24) is 4.98 Å². The molecule has 0 saturated carbocycles. The minimum Gasteiger partial charge on any atom is -0.455 e. The molecule has 0 fully saturated rings. The van der Waals surface area contributed by atoms with E-state index in [1.807, 2.05) is 48.5 Å². The van der Waals surface area contributed by atoms with Crippen molar-refractivity contribution in [1.29, 1.82) is 0 Å². The molecule has 0 bridgehead atoms. The second-order valence-corrected chi connectivity index (χ2v) is 9.60. The molecule has 0 aliphatic rings. The van der Waals surface area contributed by atoms with Crippen LogP contribution in [0.3, 0.4) is 0 Å². The number of aromatic nitrogens is 1. The second kappa shape index (κ2) is 8.19. The Morgan fingerprint density at radius 3 is 2.16 bits per heavy atom. The maximum Gasteiger partial charge on any atom is 0.227 e. The Balaban J connectivity index is 1.23. The van der Waals surface area contributed by atoms with Gasteiger partial charge in [0.25, 0.3) is 0 Å². The van der Waals surface area contributed by atoms with Crippen LogP contribution in [0.2, 0.25) is 0 Å². The monoisotopic (exact) mass is 487 g/mol. The van der Waals surface area contributed by atoms with E-state index in [9.17, 15) is 0 Å². The summed E-state index contributed by atoms with van der Waals surface area (Å²) in [6.45, 7) is 0. The Morgan fingerprint density at radius 1 is 0.447 bits per heavy atom. The van der Waals surface area contributed by atoms with Gasteiger partial charge in [-0.3, -0.25) is 0 Å². The first-order chi connectivity index (χ1) is 18.8. The van der Waals surface area contributed by atoms with E-state index in [0.717, 1.165) is 71.6 Å². The van der Waals surface area contributed by atoms with Crippen molar-refractivity contribution < 1.29 is 8.83 Å². The lowest BCUT2D eigenvalue weighted by molar-refractivity contribution is 0.623. The highest BCUT2D eigenvalue weighted by molar-refractivity contribution is 6.10. The minimum atomic E-state index is 0.643. The van der Waals surface area contributed by atoms with Crippen LogP contribution in [0.1, 0.15) is 0 Å². The Hall–Kier alpha value is -5.15. The lowest BCUT2D eigenvalue weighted by Crippen LogP contribution is -1.83. The van der Waals surface area contributed by atoms with Gasteiger partial charge >= 0.3 is 0 Å². The fourth-order valence-corrected chi connectivity index (χ4v) is 5.44. The zero-order valence-electron chi connectivity index (χ0n) is 20.4. The van der Waals surface area contributed by atoms with E-state index in [4.69, 9.17) is 13.8 Å². The van der Waals surface area contributed by atoms with Crippen molar-refractivity contribution in [2.24, 2.45) is 0 Å². The summed E-state index contributed by atoms with van der Waals surface area (Å²) < 4.78 is 12.5. The van der Waals surface area contributed by atoms with Gasteiger partial charge in [0.1, 0.15) is 16.7 Å². The van der Waals surface area contributed by atoms with Gasteiger partial charge in [0.2, 0.25) is 5.89 Å². The zero-order valence-corrected chi connectivity index (χ0v) is 20.4. The van der Waals surface area contributed by atoms with E-state index in [1.165, 1.54) is 0 Å². The van der Waals surface area contributed by atoms with Gasteiger partial charge in [-0.05, 0) is 64.5 Å². The topological polar surface area (TPSA) is 39.2 Å². The quantitative estimate of drug-likeness (QED) is 0.249. The van der Waals surface area contributed by atoms with E-state index in [-0.39, 0.29) is 0 Å². The van der Waals surface area contributed by atoms with Gasteiger partial charge in [-0.15, -0.1) is 0 Å². The van der Waals surface area contributed by atoms with Crippen LogP contribution < -0.4 is 0 Å². The molecular formula is C35H21NO2. The molecule has 2 heterocycles. The molecule has 0 N–H and O–H groups in total. The van der Waals surface area contributed by atoms with Gasteiger partial charge in [0.05, 0.1) is 0 Å². The fourth-order valence-electron chi connectivity index (χ4n) is 5.44. The van der Waals surface area contributed by atoms with Gasteiger partial charge in [0, 0.05) is 27.3 Å². The lowest BCUT2D eigenvalue weighted by atomic mass is 9.96. The Labute approximate surface area is 218 Å². The molecule has 2 aromatic heterocycles. The molecule has 0 saturated heterocycles. The number of benzene rings is 6. The SMILES string of the molecule is c1ccc(-c2nc3ccc4cc(-c5cccc(-c6cccc7c6oc6ccccc67)c5)ccc4c3o2)cc1. The summed E-state index contributed by atoms with van der Waals surface area (Å²) >= 11 is 0. The van der Waals surface area contributed by atoms with Crippen LogP contribution in [0.4, 0.5) is 0 Å². The van der Waals surface area contributed by atoms with Crippen LogP contribution in [0.25, 0.3) is 77.5 Å². The Kier molecular flexibility index (Phi) is 4.52. The Bertz CT molecular complexity index is 2130. The third kappa shape index (κ3) is 3.26. The molecular weight excluding hydrogens is 466 g/mol. The molecule has 0 aliphatic heterocycles. The molecule has 38 heavy (non-hydrogen) atoms. The molecule has 6 aromatic carbocycles. The summed E-state index contributed by atoms with van der Waals surface area (Å²) in [6.07, 6.45) is 0. The standard InChI is InChI=1S/C35H21NO2/c1-2-8-22(9-3-1)35-36-31-19-17-26-21-24(16-18-28(26)34(31)38-35)23-10-6-11-25(20-23)27-13-7-14-30-29-12-4-5-15-32(29)37-33(27)30/h1-21H. The highest BCUT2D eigenvalue weighted by Gasteiger charge is 2.14. The molecule has 178 valence electrons. The van der Waals surface area contributed by atoms with Gasteiger partial charge in [0.15, 0.2) is 5.58 Å². The number of hydrogen-bond donors (Lipinski definition) is 0. The zero-order chi connectivity index (χ0) is 25.1. The number of oxazole rings is 1. The lowest BCUT2D eigenvalue weighted by Gasteiger charge is -2.08. The van der Waals surface area contributed by atoms with Crippen molar-refractivity contribution in [3.05, 3.63) is 127 Å². The Morgan fingerprint density at radius 2 is 1.21 bits per heavy atom. The van der Waals surface area contributed by atoms with Crippen LogP contribution in [-0.4, -0.2) is 4.98 Å². The maximum absolute atomic E-state index is 6.30. The van der Waals surface area contributed by atoms with Crippen molar-refractivity contribution in [3.8, 4) is 33.7 Å². The third-order valence-corrected chi connectivity index (χ3v) is 7.30. The van der Waals surface area contributed by atoms with E-state index in [0.29, 0.717) is 5.89 Å². The fraction of sp³-hybridized carbons (Fsp3) is 0. The average Bonchev–Trinajstić information content (AvgIpc) is 3.60. The summed E-state index contributed by atoms with van der Waals surface area (Å²) in [5.74, 6) is 0.643. The van der Waals surface area contributed by atoms with Crippen LogP contribution in [-0.2, 0) is 0 Å². The summed E-state index contributed by atoms with van der Waals surface area (Å²) in [4.78, 5) is 4.72. The predicted molar refractivity (Wildman–Crippen MR) is 155 cm³/mol. The first-order valence-electron chi connectivity index (χ1n) is 12.7. The molecule has 3 nitrogen and oxygen atoms in total. The van der Waals surface area contributed by atoms with Crippen molar-refractivity contribution in [3.63, 3.8) is 0 Å². The summed E-state index contributed by atoms with van der Waals surface area (Å²) in [5, 5.41) is 4.46. The van der Waals surface area contributed by atoms with Crippen LogP contribution in [0.5, 0.6) is 0 Å². The predicted octanol–water partition coefficient (Wildman–Crippen LogP) is 9.88. The van der Waals surface area contributed by atoms with Crippen molar-refractivity contribution in [2.45, 2.75) is 0 Å². The van der Waals surface area contributed by atoms with E-state index < -0.39 is 0 Å². The van der Waals surface area contributed by atoms with Gasteiger partial charge in [-0.1, -0.05) is 84.9 Å². The van der Waals surface area contributed by atoms with Gasteiger partial charge in [-0.2, -0.15) is 0 Å². The molecule has 0 radical (unpaired) electrons. The molecule has 0 atom stereocenters.